The Labute approximate surface area is 237 Å². The minimum absolute atomic E-state index is 0.000495. The van der Waals surface area contributed by atoms with Gasteiger partial charge in [-0.3, -0.25) is 4.90 Å². The molecule has 7 heteroatoms. The van der Waals surface area contributed by atoms with Crippen molar-refractivity contribution in [2.24, 2.45) is 0 Å². The Morgan fingerprint density at radius 1 is 0.756 bits per heavy atom. The van der Waals surface area contributed by atoms with Crippen LogP contribution in [0.2, 0.25) is 0 Å². The van der Waals surface area contributed by atoms with Gasteiger partial charge in [0.15, 0.2) is 11.6 Å². The Hall–Kier alpha value is -4.48. The summed E-state index contributed by atoms with van der Waals surface area (Å²) in [5, 5.41) is 6.25. The van der Waals surface area contributed by atoms with Gasteiger partial charge < -0.3 is 10.6 Å². The standard InChI is InChI=1S/C34H31F4N3/c1-5-6-17-39-29-19-30(25-13-10-22(4)31(37)33(25)40-28-16-9-21(3)18-27(28)36)41(23-11-7-20(2)8-12-23)34-24(29)14-15-26(35)32(34)38/h7-16,18,39-40H,5-6,17H2,1-4H3. The number of fused-ring (bicyclic) bond motifs is 1. The molecule has 0 atom stereocenters. The summed E-state index contributed by atoms with van der Waals surface area (Å²) in [5.74, 6) is -3.18. The molecule has 0 saturated heterocycles. The van der Waals surface area contributed by atoms with E-state index in [9.17, 15) is 8.78 Å². The fourth-order valence-electron chi connectivity index (χ4n) is 4.84. The smallest absolute Gasteiger partial charge is 0.183 e. The monoisotopic (exact) mass is 557 g/mol. The van der Waals surface area contributed by atoms with Gasteiger partial charge in [0.2, 0.25) is 0 Å². The number of nitrogens with one attached hydrogen (secondary N) is 2. The van der Waals surface area contributed by atoms with Crippen molar-refractivity contribution in [2.75, 3.05) is 16.8 Å². The number of benzene rings is 4. The number of nitrogens with zero attached hydrogens (tertiary/aromatic N) is 1. The lowest BCUT2D eigenvalue weighted by atomic mass is 9.97. The molecule has 0 fully saturated rings. The van der Waals surface area contributed by atoms with E-state index in [1.807, 2.05) is 19.1 Å². The van der Waals surface area contributed by atoms with Gasteiger partial charge in [0.25, 0.3) is 0 Å². The molecule has 0 bridgehead atoms. The average molecular weight is 558 g/mol. The summed E-state index contributed by atoms with van der Waals surface area (Å²) < 4.78 is 61.4. The zero-order valence-corrected chi connectivity index (χ0v) is 23.4. The van der Waals surface area contributed by atoms with E-state index in [0.29, 0.717) is 34.6 Å². The second-order valence-electron chi connectivity index (χ2n) is 10.3. The Kier molecular flexibility index (Phi) is 7.91. The molecule has 2 N–H and O–H groups in total. The van der Waals surface area contributed by atoms with Crippen LogP contribution < -0.4 is 15.5 Å². The van der Waals surface area contributed by atoms with E-state index in [0.717, 1.165) is 30.0 Å². The van der Waals surface area contributed by atoms with Gasteiger partial charge in [-0.25, -0.2) is 17.6 Å². The van der Waals surface area contributed by atoms with Gasteiger partial charge in [0, 0.05) is 23.4 Å². The minimum Gasteiger partial charge on any atom is -0.378 e. The molecule has 4 aromatic rings. The first-order valence-electron chi connectivity index (χ1n) is 13.6. The minimum atomic E-state index is -1.04. The molecule has 41 heavy (non-hydrogen) atoms. The first kappa shape index (κ1) is 28.1. The highest BCUT2D eigenvalue weighted by molar-refractivity contribution is 6.00. The molecule has 1 heterocycles. The zero-order valence-electron chi connectivity index (χ0n) is 23.4. The van der Waals surface area contributed by atoms with E-state index in [-0.39, 0.29) is 22.8 Å². The Morgan fingerprint density at radius 2 is 1.46 bits per heavy atom. The van der Waals surface area contributed by atoms with Crippen LogP contribution in [0, 0.1) is 44.0 Å². The van der Waals surface area contributed by atoms with Crippen molar-refractivity contribution in [3.8, 4) is 0 Å². The molecule has 0 spiro atoms. The highest BCUT2D eigenvalue weighted by Gasteiger charge is 2.31. The molecule has 1 aliphatic heterocycles. The highest BCUT2D eigenvalue weighted by atomic mass is 19.2. The molecule has 0 radical (unpaired) electrons. The SMILES string of the molecule is CCCCNC1=C=C(c2ccc(C)c(F)c2Nc2ccc(C)cc2F)N(c2ccc(C)cc2)c2c1ccc(F)c2F. The number of hydrogen-bond donors (Lipinski definition) is 2. The summed E-state index contributed by atoms with van der Waals surface area (Å²) in [6, 6.07) is 17.8. The molecular weight excluding hydrogens is 526 g/mol. The van der Waals surface area contributed by atoms with Crippen molar-refractivity contribution in [2.45, 2.75) is 40.5 Å². The normalized spacial score (nSPS) is 12.5. The maximum absolute atomic E-state index is 15.9. The second-order valence-corrected chi connectivity index (χ2v) is 10.3. The molecule has 210 valence electrons. The lowest BCUT2D eigenvalue weighted by Gasteiger charge is -2.33. The summed E-state index contributed by atoms with van der Waals surface area (Å²) >= 11 is 0. The third-order valence-electron chi connectivity index (χ3n) is 7.13. The van der Waals surface area contributed by atoms with Crippen LogP contribution in [0.15, 0.2) is 72.5 Å². The maximum atomic E-state index is 15.9. The average Bonchev–Trinajstić information content (AvgIpc) is 2.95. The zero-order chi connectivity index (χ0) is 29.3. The molecule has 1 aliphatic rings. The van der Waals surface area contributed by atoms with Gasteiger partial charge in [-0.05, 0) is 80.8 Å². The first-order valence-corrected chi connectivity index (χ1v) is 13.6. The predicted molar refractivity (Wildman–Crippen MR) is 158 cm³/mol. The van der Waals surface area contributed by atoms with Crippen molar-refractivity contribution < 1.29 is 17.6 Å². The molecule has 0 aliphatic carbocycles. The molecule has 4 aromatic carbocycles. The van der Waals surface area contributed by atoms with Gasteiger partial charge >= 0.3 is 0 Å². The van der Waals surface area contributed by atoms with E-state index >= 15 is 8.78 Å². The van der Waals surface area contributed by atoms with Gasteiger partial charge in [-0.2, -0.15) is 0 Å². The Balaban J connectivity index is 1.81. The Bertz CT molecular complexity index is 1690. The molecule has 0 unspecified atom stereocenters. The molecule has 0 amide bonds. The summed E-state index contributed by atoms with van der Waals surface area (Å²) in [6.45, 7) is 7.93. The van der Waals surface area contributed by atoms with Crippen LogP contribution in [0.1, 0.15) is 47.6 Å². The van der Waals surface area contributed by atoms with E-state index < -0.39 is 23.3 Å². The fraction of sp³-hybridized carbons (Fsp3) is 0.206. The number of unbranched alkanes of at least 4 members (excludes halogenated alkanes) is 1. The summed E-state index contributed by atoms with van der Waals surface area (Å²) in [4.78, 5) is 1.54. The molecular formula is C34H31F4N3. The predicted octanol–water partition coefficient (Wildman–Crippen LogP) is 9.43. The van der Waals surface area contributed by atoms with Crippen molar-refractivity contribution in [1.29, 1.82) is 0 Å². The lowest BCUT2D eigenvalue weighted by Crippen LogP contribution is -2.25. The third kappa shape index (κ3) is 5.46. The first-order chi connectivity index (χ1) is 19.7. The van der Waals surface area contributed by atoms with Crippen LogP contribution in [0.4, 0.5) is 40.3 Å². The number of halogens is 4. The van der Waals surface area contributed by atoms with Crippen molar-refractivity contribution in [3.05, 3.63) is 124 Å². The highest BCUT2D eigenvalue weighted by Crippen LogP contribution is 2.46. The van der Waals surface area contributed by atoms with Gasteiger partial charge in [0.05, 0.1) is 22.8 Å². The van der Waals surface area contributed by atoms with Crippen LogP contribution in [0.3, 0.4) is 0 Å². The summed E-state index contributed by atoms with van der Waals surface area (Å²) in [7, 11) is 0. The van der Waals surface area contributed by atoms with Crippen LogP contribution in [-0.4, -0.2) is 6.54 Å². The number of hydrogen-bond acceptors (Lipinski definition) is 3. The van der Waals surface area contributed by atoms with Crippen LogP contribution in [0.25, 0.3) is 11.4 Å². The van der Waals surface area contributed by atoms with Crippen LogP contribution in [0.5, 0.6) is 0 Å². The van der Waals surface area contributed by atoms with Gasteiger partial charge in [-0.1, -0.05) is 48.9 Å². The van der Waals surface area contributed by atoms with Crippen molar-refractivity contribution in [1.82, 2.24) is 5.32 Å². The quantitative estimate of drug-likeness (QED) is 0.128. The third-order valence-corrected chi connectivity index (χ3v) is 7.13. The van der Waals surface area contributed by atoms with Crippen molar-refractivity contribution in [3.63, 3.8) is 0 Å². The topological polar surface area (TPSA) is 27.3 Å². The van der Waals surface area contributed by atoms with Gasteiger partial charge in [0.1, 0.15) is 17.3 Å². The van der Waals surface area contributed by atoms with Crippen LogP contribution in [-0.2, 0) is 0 Å². The van der Waals surface area contributed by atoms with Gasteiger partial charge in [-0.15, -0.1) is 0 Å². The van der Waals surface area contributed by atoms with E-state index in [2.05, 4.69) is 23.3 Å². The lowest BCUT2D eigenvalue weighted by molar-refractivity contribution is 0.509. The Morgan fingerprint density at radius 3 is 2.17 bits per heavy atom. The summed E-state index contributed by atoms with van der Waals surface area (Å²) in [5.41, 5.74) is 7.45. The number of rotatable bonds is 8. The summed E-state index contributed by atoms with van der Waals surface area (Å²) in [6.07, 6.45) is 1.77. The van der Waals surface area contributed by atoms with E-state index in [1.54, 1.807) is 55.1 Å². The fourth-order valence-corrected chi connectivity index (χ4v) is 4.84. The molecule has 0 saturated carbocycles. The molecule has 5 rings (SSSR count). The molecule has 0 aromatic heterocycles. The van der Waals surface area contributed by atoms with Crippen molar-refractivity contribution >= 4 is 34.1 Å². The van der Waals surface area contributed by atoms with E-state index in [4.69, 9.17) is 0 Å². The largest absolute Gasteiger partial charge is 0.378 e. The van der Waals surface area contributed by atoms with Crippen LogP contribution >= 0.6 is 0 Å². The maximum Gasteiger partial charge on any atom is 0.183 e. The number of anilines is 4. The molecule has 3 nitrogen and oxygen atoms in total. The van der Waals surface area contributed by atoms with E-state index in [1.165, 1.54) is 12.1 Å². The second kappa shape index (κ2) is 11.6. The number of aryl methyl sites for hydroxylation is 3.